The fourth-order valence-electron chi connectivity index (χ4n) is 3.81. The first-order valence-electron chi connectivity index (χ1n) is 10.6. The molecule has 1 aliphatic rings. The summed E-state index contributed by atoms with van der Waals surface area (Å²) in [6, 6.07) is 9.90. The van der Waals surface area contributed by atoms with Gasteiger partial charge in [-0.25, -0.2) is 19.3 Å². The van der Waals surface area contributed by atoms with Crippen molar-refractivity contribution in [2.24, 2.45) is 0 Å². The third-order valence-electron chi connectivity index (χ3n) is 5.74. The van der Waals surface area contributed by atoms with E-state index in [9.17, 15) is 4.79 Å². The maximum atomic E-state index is 13.3. The largest absolute Gasteiger partial charge is 0.345 e. The minimum absolute atomic E-state index is 0.106. The van der Waals surface area contributed by atoms with Gasteiger partial charge >= 0.3 is 0 Å². The van der Waals surface area contributed by atoms with Crippen molar-refractivity contribution in [1.29, 1.82) is 0 Å². The number of amides is 1. The number of aromatic nitrogens is 6. The highest BCUT2D eigenvalue weighted by atomic mass is 16.1. The SMILES string of the molecule is CC(C)n1ncc2c(C(=O)N[C@H](C)c3ccc(-n4cncn4)cc3)cc(C3CC3)nc21. The topological polar surface area (TPSA) is 90.5 Å². The van der Waals surface area contributed by atoms with Crippen molar-refractivity contribution < 1.29 is 4.79 Å². The maximum absolute atomic E-state index is 13.3. The first-order chi connectivity index (χ1) is 15.0. The van der Waals surface area contributed by atoms with E-state index in [1.165, 1.54) is 6.33 Å². The van der Waals surface area contributed by atoms with Crippen molar-refractivity contribution in [1.82, 2.24) is 34.8 Å². The normalized spacial score (nSPS) is 14.8. The average Bonchev–Trinajstić information content (AvgIpc) is 3.30. The predicted octanol–water partition coefficient (Wildman–Crippen LogP) is 3.96. The number of carbonyl (C=O) groups is 1. The van der Waals surface area contributed by atoms with E-state index in [1.807, 2.05) is 41.9 Å². The van der Waals surface area contributed by atoms with E-state index in [4.69, 9.17) is 4.98 Å². The molecular weight excluding hydrogens is 390 g/mol. The molecule has 1 aliphatic carbocycles. The highest BCUT2D eigenvalue weighted by molar-refractivity contribution is 6.05. The number of benzene rings is 1. The molecule has 1 atom stereocenters. The van der Waals surface area contributed by atoms with Gasteiger partial charge in [-0.05, 0) is 57.4 Å². The van der Waals surface area contributed by atoms with Gasteiger partial charge in [-0.15, -0.1) is 0 Å². The molecule has 0 spiro atoms. The van der Waals surface area contributed by atoms with Gasteiger partial charge in [-0.3, -0.25) is 4.79 Å². The summed E-state index contributed by atoms with van der Waals surface area (Å²) < 4.78 is 3.59. The molecule has 0 radical (unpaired) electrons. The average molecular weight is 416 g/mol. The number of rotatable bonds is 6. The quantitative estimate of drug-likeness (QED) is 0.515. The first-order valence-corrected chi connectivity index (χ1v) is 10.6. The lowest BCUT2D eigenvalue weighted by molar-refractivity contribution is 0.0941. The van der Waals surface area contributed by atoms with E-state index in [2.05, 4.69) is 34.3 Å². The minimum atomic E-state index is -0.148. The highest BCUT2D eigenvalue weighted by Gasteiger charge is 2.28. The summed E-state index contributed by atoms with van der Waals surface area (Å²) in [5, 5.41) is 12.6. The molecule has 0 saturated heterocycles. The number of carbonyl (C=O) groups excluding carboxylic acids is 1. The van der Waals surface area contributed by atoms with Gasteiger partial charge in [0.1, 0.15) is 12.7 Å². The molecule has 1 aromatic carbocycles. The molecule has 3 heterocycles. The van der Waals surface area contributed by atoms with Gasteiger partial charge in [0, 0.05) is 17.7 Å². The van der Waals surface area contributed by atoms with Crippen LogP contribution in [0.1, 0.15) is 73.2 Å². The Morgan fingerprint density at radius 1 is 1.13 bits per heavy atom. The third-order valence-corrected chi connectivity index (χ3v) is 5.74. The van der Waals surface area contributed by atoms with Crippen molar-refractivity contribution in [3.8, 4) is 5.69 Å². The van der Waals surface area contributed by atoms with Gasteiger partial charge in [0.15, 0.2) is 5.65 Å². The van der Waals surface area contributed by atoms with Crippen LogP contribution in [-0.4, -0.2) is 35.4 Å². The Kier molecular flexibility index (Phi) is 4.77. The van der Waals surface area contributed by atoms with Crippen LogP contribution in [0, 0.1) is 0 Å². The van der Waals surface area contributed by atoms with E-state index in [-0.39, 0.29) is 18.0 Å². The molecule has 1 N–H and O–H groups in total. The van der Waals surface area contributed by atoms with Gasteiger partial charge in [0.05, 0.1) is 28.9 Å². The van der Waals surface area contributed by atoms with Crippen LogP contribution in [0.2, 0.25) is 0 Å². The van der Waals surface area contributed by atoms with E-state index in [0.717, 1.165) is 40.8 Å². The third kappa shape index (κ3) is 3.69. The molecule has 0 unspecified atom stereocenters. The zero-order chi connectivity index (χ0) is 21.5. The molecule has 1 saturated carbocycles. The summed E-state index contributed by atoms with van der Waals surface area (Å²) in [5.41, 5.74) is 4.36. The molecule has 158 valence electrons. The minimum Gasteiger partial charge on any atom is -0.345 e. The van der Waals surface area contributed by atoms with Crippen molar-refractivity contribution in [2.45, 2.75) is 51.6 Å². The molecule has 8 heteroatoms. The number of hydrogen-bond donors (Lipinski definition) is 1. The zero-order valence-electron chi connectivity index (χ0n) is 17.9. The molecule has 1 fully saturated rings. The Labute approximate surface area is 180 Å². The first kappa shape index (κ1) is 19.4. The summed E-state index contributed by atoms with van der Waals surface area (Å²) in [6.45, 7) is 6.13. The number of fused-ring (bicyclic) bond motifs is 1. The molecular formula is C23H25N7O. The smallest absolute Gasteiger partial charge is 0.252 e. The molecule has 0 aliphatic heterocycles. The molecule has 31 heavy (non-hydrogen) atoms. The van der Waals surface area contributed by atoms with E-state index < -0.39 is 0 Å². The number of nitrogens with one attached hydrogen (secondary N) is 1. The van der Waals surface area contributed by atoms with Gasteiger partial charge < -0.3 is 5.32 Å². The van der Waals surface area contributed by atoms with Crippen LogP contribution in [0.15, 0.2) is 49.2 Å². The van der Waals surface area contributed by atoms with Gasteiger partial charge in [-0.1, -0.05) is 12.1 Å². The summed E-state index contributed by atoms with van der Waals surface area (Å²) >= 11 is 0. The second kappa shape index (κ2) is 7.61. The van der Waals surface area contributed by atoms with E-state index in [0.29, 0.717) is 11.5 Å². The Bertz CT molecular complexity index is 1220. The predicted molar refractivity (Wildman–Crippen MR) is 117 cm³/mol. The molecule has 0 bridgehead atoms. The lowest BCUT2D eigenvalue weighted by atomic mass is 10.1. The standard InChI is InChI=1S/C23H25N7O/c1-14(2)30-22-20(11-25-30)19(10-21(28-22)17-4-5-17)23(31)27-15(3)16-6-8-18(9-7-16)29-13-24-12-26-29/h6-15,17H,4-5H2,1-3H3,(H,27,31)/t15-/m1/s1. The zero-order valence-corrected chi connectivity index (χ0v) is 17.9. The van der Waals surface area contributed by atoms with Gasteiger partial charge in [-0.2, -0.15) is 10.2 Å². The molecule has 8 nitrogen and oxygen atoms in total. The number of nitrogens with zero attached hydrogens (tertiary/aromatic N) is 6. The molecule has 3 aromatic heterocycles. The van der Waals surface area contributed by atoms with Crippen LogP contribution in [0.3, 0.4) is 0 Å². The van der Waals surface area contributed by atoms with Crippen molar-refractivity contribution >= 4 is 16.9 Å². The van der Waals surface area contributed by atoms with Crippen LogP contribution in [0.25, 0.3) is 16.7 Å². The second-order valence-electron chi connectivity index (χ2n) is 8.42. The molecule has 4 aromatic rings. The van der Waals surface area contributed by atoms with Gasteiger partial charge in [0.2, 0.25) is 0 Å². The van der Waals surface area contributed by atoms with E-state index in [1.54, 1.807) is 17.2 Å². The lowest BCUT2D eigenvalue weighted by Crippen LogP contribution is -2.27. The van der Waals surface area contributed by atoms with Crippen molar-refractivity contribution in [3.63, 3.8) is 0 Å². The van der Waals surface area contributed by atoms with Crippen molar-refractivity contribution in [2.75, 3.05) is 0 Å². The Morgan fingerprint density at radius 3 is 2.55 bits per heavy atom. The lowest BCUT2D eigenvalue weighted by Gasteiger charge is -2.16. The Balaban J connectivity index is 1.42. The van der Waals surface area contributed by atoms with Crippen LogP contribution in [0.5, 0.6) is 0 Å². The number of hydrogen-bond acceptors (Lipinski definition) is 5. The summed E-state index contributed by atoms with van der Waals surface area (Å²) in [5.74, 6) is 0.346. The molecule has 1 amide bonds. The molecule has 5 rings (SSSR count). The summed E-state index contributed by atoms with van der Waals surface area (Å²) in [4.78, 5) is 22.1. The second-order valence-corrected chi connectivity index (χ2v) is 8.42. The fraction of sp³-hybridized carbons (Fsp3) is 0.348. The maximum Gasteiger partial charge on any atom is 0.252 e. The van der Waals surface area contributed by atoms with Crippen LogP contribution < -0.4 is 5.32 Å². The Morgan fingerprint density at radius 2 is 1.90 bits per heavy atom. The van der Waals surface area contributed by atoms with Crippen molar-refractivity contribution in [3.05, 3.63) is 66.0 Å². The fourth-order valence-corrected chi connectivity index (χ4v) is 3.81. The highest BCUT2D eigenvalue weighted by Crippen LogP contribution is 2.40. The van der Waals surface area contributed by atoms with Gasteiger partial charge in [0.25, 0.3) is 5.91 Å². The summed E-state index contributed by atoms with van der Waals surface area (Å²) in [6.07, 6.45) is 7.17. The van der Waals surface area contributed by atoms with E-state index >= 15 is 0 Å². The van der Waals surface area contributed by atoms with Crippen LogP contribution >= 0.6 is 0 Å². The number of pyridine rings is 1. The van der Waals surface area contributed by atoms with Crippen LogP contribution in [0.4, 0.5) is 0 Å². The Hall–Kier alpha value is -3.55. The monoisotopic (exact) mass is 415 g/mol. The van der Waals surface area contributed by atoms with Crippen LogP contribution in [-0.2, 0) is 0 Å². The summed E-state index contributed by atoms with van der Waals surface area (Å²) in [7, 11) is 0.